The number of nitrogens with two attached hydrogens (primary N) is 1. The number of hydrogen-bond acceptors (Lipinski definition) is 5. The number of aromatic nitrogens is 1. The Morgan fingerprint density at radius 1 is 1.52 bits per heavy atom. The van der Waals surface area contributed by atoms with Gasteiger partial charge in [0.1, 0.15) is 12.4 Å². The summed E-state index contributed by atoms with van der Waals surface area (Å²) in [5.74, 6) is 0.706. The number of thiazole rings is 1. The summed E-state index contributed by atoms with van der Waals surface area (Å²) < 4.78 is 5.75. The van der Waals surface area contributed by atoms with Gasteiger partial charge in [-0.25, -0.2) is 4.98 Å². The van der Waals surface area contributed by atoms with E-state index in [1.165, 1.54) is 0 Å². The fourth-order valence-electron chi connectivity index (χ4n) is 2.73. The highest BCUT2D eigenvalue weighted by atomic mass is 32.1. The number of carbonyl (C=O) groups is 1. The molecule has 0 saturated carbocycles. The van der Waals surface area contributed by atoms with E-state index in [2.05, 4.69) is 4.98 Å². The molecule has 0 spiro atoms. The SMILES string of the molecule is Cc1nc(COc2cccc(C(=O)N3CCC[C@@H](N)C3)c2)cs1. The largest absolute Gasteiger partial charge is 0.487 e. The first-order valence-electron chi connectivity index (χ1n) is 7.80. The van der Waals surface area contributed by atoms with Gasteiger partial charge in [0.25, 0.3) is 5.91 Å². The summed E-state index contributed by atoms with van der Waals surface area (Å²) in [5.41, 5.74) is 7.51. The molecule has 0 bridgehead atoms. The average Bonchev–Trinajstić information content (AvgIpc) is 2.98. The van der Waals surface area contributed by atoms with E-state index in [-0.39, 0.29) is 11.9 Å². The third-order valence-corrected chi connectivity index (χ3v) is 4.70. The molecule has 122 valence electrons. The van der Waals surface area contributed by atoms with Gasteiger partial charge in [0.15, 0.2) is 0 Å². The topological polar surface area (TPSA) is 68.5 Å². The highest BCUT2D eigenvalue weighted by Gasteiger charge is 2.22. The van der Waals surface area contributed by atoms with Crippen LogP contribution in [0.25, 0.3) is 0 Å². The van der Waals surface area contributed by atoms with Crippen LogP contribution in [-0.4, -0.2) is 34.9 Å². The van der Waals surface area contributed by atoms with E-state index < -0.39 is 0 Å². The molecule has 1 amide bonds. The lowest BCUT2D eigenvalue weighted by Crippen LogP contribution is -2.45. The smallest absolute Gasteiger partial charge is 0.254 e. The zero-order valence-corrected chi connectivity index (χ0v) is 14.0. The molecule has 0 unspecified atom stereocenters. The van der Waals surface area contributed by atoms with Crippen molar-refractivity contribution in [3.05, 3.63) is 45.9 Å². The molecule has 2 N–H and O–H groups in total. The van der Waals surface area contributed by atoms with Gasteiger partial charge in [-0.15, -0.1) is 11.3 Å². The average molecular weight is 331 g/mol. The molecule has 6 heteroatoms. The molecule has 1 aliphatic rings. The molecule has 0 aliphatic carbocycles. The van der Waals surface area contributed by atoms with Crippen LogP contribution in [-0.2, 0) is 6.61 Å². The molecule has 3 rings (SSSR count). The number of hydrogen-bond donors (Lipinski definition) is 1. The van der Waals surface area contributed by atoms with Crippen molar-refractivity contribution in [3.8, 4) is 5.75 Å². The van der Waals surface area contributed by atoms with Gasteiger partial charge in [0.05, 0.1) is 10.7 Å². The summed E-state index contributed by atoms with van der Waals surface area (Å²) in [6.45, 7) is 3.78. The summed E-state index contributed by atoms with van der Waals surface area (Å²) in [5, 5.41) is 3.01. The molecule has 1 fully saturated rings. The van der Waals surface area contributed by atoms with Gasteiger partial charge in [0, 0.05) is 30.1 Å². The second-order valence-electron chi connectivity index (χ2n) is 5.83. The minimum atomic E-state index is 0.0232. The van der Waals surface area contributed by atoms with E-state index in [0.29, 0.717) is 24.5 Å². The second kappa shape index (κ2) is 7.10. The van der Waals surface area contributed by atoms with Crippen molar-refractivity contribution in [2.75, 3.05) is 13.1 Å². The molecule has 1 aromatic heterocycles. The molecule has 2 heterocycles. The van der Waals surface area contributed by atoms with Crippen LogP contribution < -0.4 is 10.5 Å². The van der Waals surface area contributed by atoms with E-state index in [1.807, 2.05) is 35.4 Å². The second-order valence-corrected chi connectivity index (χ2v) is 6.89. The number of ether oxygens (including phenoxy) is 1. The Balaban J connectivity index is 1.65. The summed E-state index contributed by atoms with van der Waals surface area (Å²) in [6.07, 6.45) is 1.95. The molecular weight excluding hydrogens is 310 g/mol. The highest BCUT2D eigenvalue weighted by molar-refractivity contribution is 7.09. The van der Waals surface area contributed by atoms with Crippen LogP contribution in [0, 0.1) is 6.92 Å². The quantitative estimate of drug-likeness (QED) is 0.935. The standard InChI is InChI=1S/C17H21N3O2S/c1-12-19-15(11-23-12)10-22-16-6-2-4-13(8-16)17(21)20-7-3-5-14(18)9-20/h2,4,6,8,11,14H,3,5,7,9-10,18H2,1H3/t14-/m1/s1. The summed E-state index contributed by atoms with van der Waals surface area (Å²) in [6, 6.07) is 7.40. The van der Waals surface area contributed by atoms with Crippen LogP contribution >= 0.6 is 11.3 Å². The Morgan fingerprint density at radius 2 is 2.39 bits per heavy atom. The minimum absolute atomic E-state index is 0.0232. The lowest BCUT2D eigenvalue weighted by Gasteiger charge is -2.30. The Hall–Kier alpha value is -1.92. The molecule has 1 aromatic carbocycles. The van der Waals surface area contributed by atoms with Gasteiger partial charge >= 0.3 is 0 Å². The lowest BCUT2D eigenvalue weighted by atomic mass is 10.1. The van der Waals surface area contributed by atoms with Gasteiger partial charge in [-0.2, -0.15) is 0 Å². The maximum Gasteiger partial charge on any atom is 0.254 e. The van der Waals surface area contributed by atoms with Crippen molar-refractivity contribution in [3.63, 3.8) is 0 Å². The molecule has 0 radical (unpaired) electrons. The van der Waals surface area contributed by atoms with Crippen molar-refractivity contribution >= 4 is 17.2 Å². The van der Waals surface area contributed by atoms with E-state index in [4.69, 9.17) is 10.5 Å². The predicted molar refractivity (Wildman–Crippen MR) is 90.7 cm³/mol. The highest BCUT2D eigenvalue weighted by Crippen LogP contribution is 2.19. The number of amides is 1. The number of benzene rings is 1. The van der Waals surface area contributed by atoms with Crippen molar-refractivity contribution in [2.45, 2.75) is 32.4 Å². The first-order valence-corrected chi connectivity index (χ1v) is 8.68. The van der Waals surface area contributed by atoms with Crippen molar-refractivity contribution in [2.24, 2.45) is 5.73 Å². The van der Waals surface area contributed by atoms with E-state index in [1.54, 1.807) is 17.4 Å². The van der Waals surface area contributed by atoms with Crippen molar-refractivity contribution in [1.29, 1.82) is 0 Å². The monoisotopic (exact) mass is 331 g/mol. The van der Waals surface area contributed by atoms with Gasteiger partial charge < -0.3 is 15.4 Å². The first-order chi connectivity index (χ1) is 11.1. The van der Waals surface area contributed by atoms with Gasteiger partial charge in [0.2, 0.25) is 0 Å². The van der Waals surface area contributed by atoms with Crippen molar-refractivity contribution in [1.82, 2.24) is 9.88 Å². The maximum absolute atomic E-state index is 12.6. The van der Waals surface area contributed by atoms with Gasteiger partial charge in [-0.05, 0) is 38.0 Å². The molecule has 1 saturated heterocycles. The number of nitrogens with zero attached hydrogens (tertiary/aromatic N) is 2. The summed E-state index contributed by atoms with van der Waals surface area (Å²) in [4.78, 5) is 18.8. The molecular formula is C17H21N3O2S. The number of aryl methyl sites for hydroxylation is 1. The van der Waals surface area contributed by atoms with Crippen LogP contribution in [0.5, 0.6) is 5.75 Å². The third-order valence-electron chi connectivity index (χ3n) is 3.88. The van der Waals surface area contributed by atoms with E-state index in [0.717, 1.165) is 30.1 Å². The number of piperidine rings is 1. The van der Waals surface area contributed by atoms with E-state index in [9.17, 15) is 4.79 Å². The fraction of sp³-hybridized carbons (Fsp3) is 0.412. The number of likely N-dealkylation sites (tertiary alicyclic amines) is 1. The van der Waals surface area contributed by atoms with Crippen LogP contribution in [0.15, 0.2) is 29.6 Å². The zero-order chi connectivity index (χ0) is 16.2. The van der Waals surface area contributed by atoms with Gasteiger partial charge in [-0.1, -0.05) is 6.07 Å². The summed E-state index contributed by atoms with van der Waals surface area (Å²) >= 11 is 1.60. The Morgan fingerprint density at radius 3 is 3.13 bits per heavy atom. The number of rotatable bonds is 4. The Kier molecular flexibility index (Phi) is 4.93. The number of carbonyl (C=O) groups excluding carboxylic acids is 1. The maximum atomic E-state index is 12.6. The van der Waals surface area contributed by atoms with Gasteiger partial charge in [-0.3, -0.25) is 4.79 Å². The van der Waals surface area contributed by atoms with Crippen LogP contribution in [0.4, 0.5) is 0 Å². The Labute approximate surface area is 140 Å². The molecule has 2 aromatic rings. The van der Waals surface area contributed by atoms with Crippen molar-refractivity contribution < 1.29 is 9.53 Å². The zero-order valence-electron chi connectivity index (χ0n) is 13.2. The molecule has 1 atom stereocenters. The molecule has 1 aliphatic heterocycles. The minimum Gasteiger partial charge on any atom is -0.487 e. The van der Waals surface area contributed by atoms with Crippen LogP contribution in [0.3, 0.4) is 0 Å². The normalized spacial score (nSPS) is 18.0. The predicted octanol–water partition coefficient (Wildman–Crippen LogP) is 2.59. The Bertz CT molecular complexity index is 686. The molecule has 23 heavy (non-hydrogen) atoms. The summed E-state index contributed by atoms with van der Waals surface area (Å²) in [7, 11) is 0. The first kappa shape index (κ1) is 16.0. The lowest BCUT2D eigenvalue weighted by molar-refractivity contribution is 0.0708. The third kappa shape index (κ3) is 4.09. The molecule has 5 nitrogen and oxygen atoms in total. The van der Waals surface area contributed by atoms with E-state index >= 15 is 0 Å². The van der Waals surface area contributed by atoms with Crippen LogP contribution in [0.2, 0.25) is 0 Å². The van der Waals surface area contributed by atoms with Crippen LogP contribution in [0.1, 0.15) is 33.9 Å². The fourth-order valence-corrected chi connectivity index (χ4v) is 3.33.